The molecule has 0 spiro atoms. The maximum Gasteiger partial charge on any atom is 0.311 e. The number of benzene rings is 1. The molecule has 0 aliphatic rings. The Morgan fingerprint density at radius 2 is 1.31 bits per heavy atom. The molecule has 0 saturated carbocycles. The molecule has 0 amide bonds. The van der Waals surface area contributed by atoms with E-state index in [0.29, 0.717) is 5.56 Å². The van der Waals surface area contributed by atoms with Crippen molar-refractivity contribution in [1.82, 2.24) is 0 Å². The maximum absolute atomic E-state index is 12.2. The average Bonchev–Trinajstić information content (AvgIpc) is 2.44. The Kier molecular flexibility index (Phi) is 7.57. The van der Waals surface area contributed by atoms with Crippen LogP contribution in [0, 0.1) is 10.8 Å². The Morgan fingerprint density at radius 1 is 0.846 bits per heavy atom. The summed E-state index contributed by atoms with van der Waals surface area (Å²) in [5.41, 5.74) is -0.105. The summed E-state index contributed by atoms with van der Waals surface area (Å²) < 4.78 is 10.8. The number of carbonyl (C=O) groups excluding carboxylic acids is 3. The van der Waals surface area contributed by atoms with Gasteiger partial charge in [0, 0.05) is 5.56 Å². The lowest BCUT2D eigenvalue weighted by molar-refractivity contribution is -0.139. The Labute approximate surface area is 163 Å². The van der Waals surface area contributed by atoms with Gasteiger partial charge in [0.05, 0.1) is 18.2 Å². The molecule has 0 unspecified atom stereocenters. The number of esters is 2. The minimum atomic E-state index is -0.450. The molecular weight excluding hydrogens is 400 g/mol. The Balaban J connectivity index is 3.10. The lowest BCUT2D eigenvalue weighted by Gasteiger charge is -2.19. The number of alkyl halides is 1. The molecule has 144 valence electrons. The van der Waals surface area contributed by atoms with Gasteiger partial charge in [0.2, 0.25) is 0 Å². The summed E-state index contributed by atoms with van der Waals surface area (Å²) in [6.07, 6.45) is 0.406. The molecular formula is C20H27BrO5. The van der Waals surface area contributed by atoms with Crippen molar-refractivity contribution >= 4 is 33.7 Å². The molecule has 0 fully saturated rings. The highest BCUT2D eigenvalue weighted by molar-refractivity contribution is 9.09. The van der Waals surface area contributed by atoms with Crippen LogP contribution in [0.1, 0.15) is 64.7 Å². The van der Waals surface area contributed by atoms with E-state index in [0.717, 1.165) is 0 Å². The highest BCUT2D eigenvalue weighted by Gasteiger charge is 2.23. The molecule has 0 heterocycles. The third-order valence-corrected chi connectivity index (χ3v) is 3.69. The standard InChI is InChI=1S/C20H27BrO5/c1-19(2,3)10-17(23)25-15-8-7-13(14(22)12-21)9-16(15)26-18(24)11-20(4,5)6/h7-9H,10-12H2,1-6H3. The number of hydrogen-bond donors (Lipinski definition) is 0. The first-order valence-corrected chi connectivity index (χ1v) is 9.57. The number of halogens is 1. The zero-order valence-electron chi connectivity index (χ0n) is 16.3. The van der Waals surface area contributed by atoms with E-state index < -0.39 is 11.9 Å². The molecule has 5 nitrogen and oxygen atoms in total. The van der Waals surface area contributed by atoms with E-state index in [1.165, 1.54) is 12.1 Å². The molecule has 0 N–H and O–H groups in total. The summed E-state index contributed by atoms with van der Waals surface area (Å²) in [5, 5.41) is 0.144. The van der Waals surface area contributed by atoms with Gasteiger partial charge in [-0.05, 0) is 29.0 Å². The van der Waals surface area contributed by atoms with Crippen LogP contribution in [-0.2, 0) is 9.59 Å². The number of Topliss-reactive ketones (excluding diaryl/α,β-unsaturated/α-hetero) is 1. The quantitative estimate of drug-likeness (QED) is 0.278. The molecule has 26 heavy (non-hydrogen) atoms. The van der Waals surface area contributed by atoms with Gasteiger partial charge in [-0.1, -0.05) is 57.5 Å². The van der Waals surface area contributed by atoms with Gasteiger partial charge < -0.3 is 9.47 Å². The van der Waals surface area contributed by atoms with Gasteiger partial charge >= 0.3 is 11.9 Å². The van der Waals surface area contributed by atoms with E-state index in [4.69, 9.17) is 9.47 Å². The Morgan fingerprint density at radius 3 is 1.73 bits per heavy atom. The number of carbonyl (C=O) groups is 3. The second-order valence-corrected chi connectivity index (χ2v) is 9.20. The molecule has 0 saturated heterocycles. The zero-order chi connectivity index (χ0) is 20.1. The first-order chi connectivity index (χ1) is 11.8. The SMILES string of the molecule is CC(C)(C)CC(=O)Oc1ccc(C(=O)CBr)cc1OC(=O)CC(C)(C)C. The third kappa shape index (κ3) is 8.13. The van der Waals surface area contributed by atoms with Crippen LogP contribution < -0.4 is 9.47 Å². The van der Waals surface area contributed by atoms with Crippen LogP contribution in [-0.4, -0.2) is 23.1 Å². The number of rotatable bonds is 6. The van der Waals surface area contributed by atoms with Gasteiger partial charge in [0.25, 0.3) is 0 Å². The van der Waals surface area contributed by atoms with Gasteiger partial charge in [0.15, 0.2) is 17.3 Å². The van der Waals surface area contributed by atoms with Crippen molar-refractivity contribution in [3.63, 3.8) is 0 Å². The summed E-state index contributed by atoms with van der Waals surface area (Å²) in [6.45, 7) is 11.5. The highest BCUT2D eigenvalue weighted by atomic mass is 79.9. The summed E-state index contributed by atoms with van der Waals surface area (Å²) in [7, 11) is 0. The minimum absolute atomic E-state index is 0.0771. The van der Waals surface area contributed by atoms with Crippen LogP contribution >= 0.6 is 15.9 Å². The lowest BCUT2D eigenvalue weighted by atomic mass is 9.92. The molecule has 0 aromatic heterocycles. The molecule has 1 aromatic rings. The van der Waals surface area contributed by atoms with Gasteiger partial charge in [-0.25, -0.2) is 0 Å². The third-order valence-electron chi connectivity index (χ3n) is 3.18. The minimum Gasteiger partial charge on any atom is -0.422 e. The summed E-state index contributed by atoms with van der Waals surface area (Å²) in [6, 6.07) is 4.46. The monoisotopic (exact) mass is 426 g/mol. The van der Waals surface area contributed by atoms with Crippen LogP contribution in [0.2, 0.25) is 0 Å². The predicted molar refractivity (Wildman–Crippen MR) is 104 cm³/mol. The van der Waals surface area contributed by atoms with Crippen molar-refractivity contribution < 1.29 is 23.9 Å². The topological polar surface area (TPSA) is 69.7 Å². The van der Waals surface area contributed by atoms with Crippen LogP contribution in [0.3, 0.4) is 0 Å². The molecule has 0 aliphatic heterocycles. The van der Waals surface area contributed by atoms with Crippen molar-refractivity contribution in [2.75, 3.05) is 5.33 Å². The fourth-order valence-electron chi connectivity index (χ4n) is 2.11. The molecule has 0 radical (unpaired) electrons. The van der Waals surface area contributed by atoms with Crippen molar-refractivity contribution in [2.45, 2.75) is 54.4 Å². The van der Waals surface area contributed by atoms with E-state index in [-0.39, 0.29) is 46.3 Å². The summed E-state index contributed by atoms with van der Waals surface area (Å²) in [4.78, 5) is 36.2. The van der Waals surface area contributed by atoms with Crippen LogP contribution in [0.15, 0.2) is 18.2 Å². The smallest absolute Gasteiger partial charge is 0.311 e. The van der Waals surface area contributed by atoms with Crippen LogP contribution in [0.4, 0.5) is 0 Å². The van der Waals surface area contributed by atoms with E-state index in [9.17, 15) is 14.4 Å². The Bertz CT molecular complexity index is 680. The van der Waals surface area contributed by atoms with Crippen molar-refractivity contribution in [3.8, 4) is 11.5 Å². The van der Waals surface area contributed by atoms with Gasteiger partial charge in [0.1, 0.15) is 0 Å². The first-order valence-electron chi connectivity index (χ1n) is 8.45. The zero-order valence-corrected chi connectivity index (χ0v) is 17.9. The van der Waals surface area contributed by atoms with Gasteiger partial charge in [-0.15, -0.1) is 0 Å². The van der Waals surface area contributed by atoms with E-state index in [1.54, 1.807) is 6.07 Å². The van der Waals surface area contributed by atoms with Crippen molar-refractivity contribution in [1.29, 1.82) is 0 Å². The van der Waals surface area contributed by atoms with Crippen LogP contribution in [0.25, 0.3) is 0 Å². The second kappa shape index (κ2) is 8.80. The normalized spacial score (nSPS) is 11.8. The van der Waals surface area contributed by atoms with E-state index in [1.807, 2.05) is 41.5 Å². The Hall–Kier alpha value is -1.69. The average molecular weight is 427 g/mol. The fraction of sp³-hybridized carbons (Fsp3) is 0.550. The summed E-state index contributed by atoms with van der Waals surface area (Å²) >= 11 is 3.12. The van der Waals surface area contributed by atoms with E-state index in [2.05, 4.69) is 15.9 Å². The largest absolute Gasteiger partial charge is 0.422 e. The lowest BCUT2D eigenvalue weighted by Crippen LogP contribution is -2.20. The fourth-order valence-corrected chi connectivity index (χ4v) is 2.43. The second-order valence-electron chi connectivity index (χ2n) is 8.64. The molecule has 1 rings (SSSR count). The first kappa shape index (κ1) is 22.4. The van der Waals surface area contributed by atoms with Crippen molar-refractivity contribution in [3.05, 3.63) is 23.8 Å². The van der Waals surface area contributed by atoms with Crippen molar-refractivity contribution in [2.24, 2.45) is 10.8 Å². The van der Waals surface area contributed by atoms with Gasteiger partial charge in [-0.3, -0.25) is 14.4 Å². The molecule has 0 atom stereocenters. The predicted octanol–water partition coefficient (Wildman–Crippen LogP) is 4.95. The number of ether oxygens (including phenoxy) is 2. The summed E-state index contributed by atoms with van der Waals surface area (Å²) in [5.74, 6) is -0.828. The van der Waals surface area contributed by atoms with Gasteiger partial charge in [-0.2, -0.15) is 0 Å². The van der Waals surface area contributed by atoms with Crippen LogP contribution in [0.5, 0.6) is 11.5 Å². The molecule has 0 aliphatic carbocycles. The molecule has 0 bridgehead atoms. The number of hydrogen-bond acceptors (Lipinski definition) is 5. The molecule has 1 aromatic carbocycles. The maximum atomic E-state index is 12.2. The highest BCUT2D eigenvalue weighted by Crippen LogP contribution is 2.32. The van der Waals surface area contributed by atoms with E-state index >= 15 is 0 Å². The molecule has 6 heteroatoms. The number of ketones is 1.